The normalized spacial score (nSPS) is 10.5. The number of carboxylic acid groups (broad SMARTS) is 1. The lowest BCUT2D eigenvalue weighted by Crippen LogP contribution is -2.21. The van der Waals surface area contributed by atoms with Gasteiger partial charge in [0.15, 0.2) is 0 Å². The summed E-state index contributed by atoms with van der Waals surface area (Å²) in [5.74, 6) is -1.37. The summed E-state index contributed by atoms with van der Waals surface area (Å²) in [6.07, 6.45) is 1.86. The molecule has 1 N–H and O–H groups in total. The Bertz CT molecular complexity index is 707. The second kappa shape index (κ2) is 5.69. The summed E-state index contributed by atoms with van der Waals surface area (Å²) in [5.41, 5.74) is 1.56. The van der Waals surface area contributed by atoms with Gasteiger partial charge in [0.05, 0.1) is 5.56 Å². The number of benzene rings is 1. The van der Waals surface area contributed by atoms with Crippen molar-refractivity contribution >= 4 is 5.97 Å². The van der Waals surface area contributed by atoms with Crippen LogP contribution in [0, 0.1) is 12.7 Å². The number of hydrogen-bond donors (Lipinski definition) is 1. The van der Waals surface area contributed by atoms with E-state index in [-0.39, 0.29) is 16.9 Å². The lowest BCUT2D eigenvalue weighted by Gasteiger charge is -2.09. The third-order valence-electron chi connectivity index (χ3n) is 3.16. The first-order valence-corrected chi connectivity index (χ1v) is 6.16. The molecule has 1 aromatic carbocycles. The summed E-state index contributed by atoms with van der Waals surface area (Å²) in [7, 11) is 0. The minimum Gasteiger partial charge on any atom is -0.478 e. The molecule has 0 bridgehead atoms. The summed E-state index contributed by atoms with van der Waals surface area (Å²) in [6.45, 7) is 2.15. The maximum Gasteiger partial charge on any atom is 0.337 e. The van der Waals surface area contributed by atoms with Crippen LogP contribution in [0.3, 0.4) is 0 Å². The Labute approximate surface area is 115 Å². The van der Waals surface area contributed by atoms with Gasteiger partial charge in [0.1, 0.15) is 5.82 Å². The molecule has 1 heterocycles. The number of rotatable bonds is 4. The van der Waals surface area contributed by atoms with Gasteiger partial charge in [-0.1, -0.05) is 6.07 Å². The average molecular weight is 275 g/mol. The molecule has 5 heteroatoms. The van der Waals surface area contributed by atoms with Crippen molar-refractivity contribution in [1.29, 1.82) is 0 Å². The van der Waals surface area contributed by atoms with E-state index >= 15 is 0 Å². The zero-order valence-corrected chi connectivity index (χ0v) is 11.0. The van der Waals surface area contributed by atoms with Crippen molar-refractivity contribution in [1.82, 2.24) is 4.57 Å². The lowest BCUT2D eigenvalue weighted by atomic mass is 10.1. The van der Waals surface area contributed by atoms with E-state index in [1.165, 1.54) is 35.0 Å². The van der Waals surface area contributed by atoms with Crippen LogP contribution in [0.1, 0.15) is 21.5 Å². The minimum atomic E-state index is -1.07. The van der Waals surface area contributed by atoms with Crippen LogP contribution >= 0.6 is 0 Å². The number of aromatic nitrogens is 1. The summed E-state index contributed by atoms with van der Waals surface area (Å²) >= 11 is 0. The van der Waals surface area contributed by atoms with Crippen LogP contribution in [-0.4, -0.2) is 15.6 Å². The molecular formula is C15H14FNO3. The van der Waals surface area contributed by atoms with E-state index in [0.717, 1.165) is 11.1 Å². The zero-order chi connectivity index (χ0) is 14.7. The number of nitrogens with zero attached hydrogens (tertiary/aromatic N) is 1. The Morgan fingerprint density at radius 3 is 2.70 bits per heavy atom. The molecule has 1 aromatic heterocycles. The van der Waals surface area contributed by atoms with Gasteiger partial charge in [-0.25, -0.2) is 9.18 Å². The van der Waals surface area contributed by atoms with Crippen LogP contribution in [0.5, 0.6) is 0 Å². The van der Waals surface area contributed by atoms with E-state index in [1.54, 1.807) is 13.0 Å². The van der Waals surface area contributed by atoms with Gasteiger partial charge in [0.25, 0.3) is 5.56 Å². The zero-order valence-electron chi connectivity index (χ0n) is 11.0. The summed E-state index contributed by atoms with van der Waals surface area (Å²) in [4.78, 5) is 22.5. The number of pyridine rings is 1. The van der Waals surface area contributed by atoms with E-state index in [0.29, 0.717) is 13.0 Å². The van der Waals surface area contributed by atoms with Gasteiger partial charge < -0.3 is 9.67 Å². The fraction of sp³-hybridized carbons (Fsp3) is 0.200. The first kappa shape index (κ1) is 14.0. The highest BCUT2D eigenvalue weighted by atomic mass is 19.1. The van der Waals surface area contributed by atoms with Crippen molar-refractivity contribution in [2.75, 3.05) is 0 Å². The molecule has 0 spiro atoms. The van der Waals surface area contributed by atoms with Crippen LogP contribution in [-0.2, 0) is 13.0 Å². The fourth-order valence-electron chi connectivity index (χ4n) is 2.01. The predicted octanol–water partition coefficient (Wildman–Crippen LogP) is 2.24. The van der Waals surface area contributed by atoms with Crippen molar-refractivity contribution in [2.24, 2.45) is 0 Å². The standard InChI is InChI=1S/C15H14FNO3/c1-10-8-13(16)4-2-11(10)6-7-17-9-12(15(19)20)3-5-14(17)18/h2-5,8-9H,6-7H2,1H3,(H,19,20). The van der Waals surface area contributed by atoms with E-state index in [4.69, 9.17) is 5.11 Å². The fourth-order valence-corrected chi connectivity index (χ4v) is 2.01. The second-order valence-electron chi connectivity index (χ2n) is 4.58. The molecule has 2 aromatic rings. The number of hydrogen-bond acceptors (Lipinski definition) is 2. The molecule has 0 saturated carbocycles. The van der Waals surface area contributed by atoms with Crippen molar-refractivity contribution in [3.8, 4) is 0 Å². The van der Waals surface area contributed by atoms with E-state index in [2.05, 4.69) is 0 Å². The van der Waals surface area contributed by atoms with Crippen molar-refractivity contribution < 1.29 is 14.3 Å². The first-order chi connectivity index (χ1) is 9.47. The Hall–Kier alpha value is -2.43. The van der Waals surface area contributed by atoms with Gasteiger partial charge >= 0.3 is 5.97 Å². The van der Waals surface area contributed by atoms with Crippen LogP contribution in [0.15, 0.2) is 41.3 Å². The van der Waals surface area contributed by atoms with Crippen LogP contribution in [0.2, 0.25) is 0 Å². The molecule has 0 radical (unpaired) electrons. The number of halogens is 1. The molecule has 0 aliphatic rings. The number of carboxylic acids is 1. The second-order valence-corrected chi connectivity index (χ2v) is 4.58. The highest BCUT2D eigenvalue weighted by Gasteiger charge is 2.06. The maximum atomic E-state index is 13.0. The highest BCUT2D eigenvalue weighted by molar-refractivity contribution is 5.87. The number of aromatic carboxylic acids is 1. The Kier molecular flexibility index (Phi) is 3.98. The van der Waals surface area contributed by atoms with Crippen molar-refractivity contribution in [3.63, 3.8) is 0 Å². The SMILES string of the molecule is Cc1cc(F)ccc1CCn1cc(C(=O)O)ccc1=O. The third-order valence-corrected chi connectivity index (χ3v) is 3.16. The monoisotopic (exact) mass is 275 g/mol. The van der Waals surface area contributed by atoms with Gasteiger partial charge in [-0.05, 0) is 42.7 Å². The van der Waals surface area contributed by atoms with Crippen LogP contribution in [0.4, 0.5) is 4.39 Å². The van der Waals surface area contributed by atoms with Crippen LogP contribution in [0.25, 0.3) is 0 Å². The molecule has 0 fully saturated rings. The molecule has 2 rings (SSSR count). The number of carbonyl (C=O) groups is 1. The maximum absolute atomic E-state index is 13.0. The van der Waals surface area contributed by atoms with Crippen molar-refractivity contribution in [3.05, 3.63) is 69.4 Å². The van der Waals surface area contributed by atoms with Gasteiger partial charge in [-0.2, -0.15) is 0 Å². The van der Waals surface area contributed by atoms with Crippen LogP contribution < -0.4 is 5.56 Å². The molecule has 0 aliphatic carbocycles. The molecule has 0 amide bonds. The molecule has 0 aliphatic heterocycles. The van der Waals surface area contributed by atoms with Gasteiger partial charge in [-0.3, -0.25) is 4.79 Å². The smallest absolute Gasteiger partial charge is 0.337 e. The molecule has 4 nitrogen and oxygen atoms in total. The van der Waals surface area contributed by atoms with E-state index in [9.17, 15) is 14.0 Å². The van der Waals surface area contributed by atoms with Gasteiger partial charge in [0.2, 0.25) is 0 Å². The molecule has 0 saturated heterocycles. The topological polar surface area (TPSA) is 59.3 Å². The summed E-state index contributed by atoms with van der Waals surface area (Å²) in [6, 6.07) is 7.01. The predicted molar refractivity (Wildman–Crippen MR) is 72.5 cm³/mol. The molecule has 0 unspecified atom stereocenters. The Balaban J connectivity index is 2.20. The first-order valence-electron chi connectivity index (χ1n) is 6.16. The molecule has 0 atom stereocenters. The molecule has 104 valence electrons. The quantitative estimate of drug-likeness (QED) is 0.931. The largest absolute Gasteiger partial charge is 0.478 e. The third kappa shape index (κ3) is 3.12. The summed E-state index contributed by atoms with van der Waals surface area (Å²) < 4.78 is 14.3. The highest BCUT2D eigenvalue weighted by Crippen LogP contribution is 2.11. The molecule has 20 heavy (non-hydrogen) atoms. The summed E-state index contributed by atoms with van der Waals surface area (Å²) in [5, 5.41) is 8.90. The Morgan fingerprint density at radius 1 is 1.30 bits per heavy atom. The van der Waals surface area contributed by atoms with Gasteiger partial charge in [0, 0.05) is 18.8 Å². The Morgan fingerprint density at radius 2 is 2.05 bits per heavy atom. The lowest BCUT2D eigenvalue weighted by molar-refractivity contribution is 0.0696. The van der Waals surface area contributed by atoms with E-state index in [1.807, 2.05) is 0 Å². The average Bonchev–Trinajstić information content (AvgIpc) is 2.39. The van der Waals surface area contributed by atoms with E-state index < -0.39 is 5.97 Å². The molecular weight excluding hydrogens is 261 g/mol. The van der Waals surface area contributed by atoms with Gasteiger partial charge in [-0.15, -0.1) is 0 Å². The van der Waals surface area contributed by atoms with Crippen molar-refractivity contribution in [2.45, 2.75) is 19.9 Å². The number of aryl methyl sites for hydroxylation is 3. The minimum absolute atomic E-state index is 0.0698.